The predicted octanol–water partition coefficient (Wildman–Crippen LogP) is 16.2. The molecule has 13 rings (SSSR count). The van der Waals surface area contributed by atoms with Gasteiger partial charge in [0.05, 0.1) is 10.8 Å². The Labute approximate surface area is 369 Å². The molecule has 0 bridgehead atoms. The molecule has 0 amide bonds. The highest BCUT2D eigenvalue weighted by Crippen LogP contribution is 2.62. The van der Waals surface area contributed by atoms with Crippen LogP contribution in [-0.4, -0.2) is 0 Å². The molecule has 11 aromatic rings. The lowest BCUT2D eigenvalue weighted by Gasteiger charge is -2.33. The molecule has 0 radical (unpaired) electrons. The molecular weight excluding hydrogens is 785 g/mol. The zero-order chi connectivity index (χ0) is 40.8. The summed E-state index contributed by atoms with van der Waals surface area (Å²) in [7, 11) is 0. The third-order valence-electron chi connectivity index (χ3n) is 13.8. The fourth-order valence-electron chi connectivity index (χ4n) is 11.4. The van der Waals surface area contributed by atoms with E-state index >= 15 is 0 Å². The van der Waals surface area contributed by atoms with Crippen LogP contribution in [0.3, 0.4) is 0 Å². The molecule has 0 saturated heterocycles. The van der Waals surface area contributed by atoms with Crippen LogP contribution in [0.1, 0.15) is 43.1 Å². The molecule has 290 valence electrons. The van der Waals surface area contributed by atoms with Gasteiger partial charge in [-0.15, -0.1) is 22.7 Å². The second-order valence-electron chi connectivity index (χ2n) is 16.6. The van der Waals surface area contributed by atoms with Crippen molar-refractivity contribution in [2.45, 2.75) is 10.8 Å². The van der Waals surface area contributed by atoms with Crippen molar-refractivity contribution in [3.05, 3.63) is 272 Å². The summed E-state index contributed by atoms with van der Waals surface area (Å²) in [5.41, 5.74) is 17.2. The van der Waals surface area contributed by atoms with E-state index in [1.54, 1.807) is 0 Å². The summed E-state index contributed by atoms with van der Waals surface area (Å²) in [5.74, 6) is 0. The molecule has 0 nitrogen and oxygen atoms in total. The van der Waals surface area contributed by atoms with Gasteiger partial charge in [-0.25, -0.2) is 0 Å². The first-order chi connectivity index (χ1) is 30.8. The number of thiophene rings is 2. The highest BCUT2D eigenvalue weighted by Gasteiger charge is 2.49. The Hall–Kier alpha value is -7.10. The van der Waals surface area contributed by atoms with Crippen LogP contribution in [0.25, 0.3) is 66.1 Å². The van der Waals surface area contributed by atoms with Crippen LogP contribution in [0.15, 0.2) is 229 Å². The number of benzene rings is 9. The van der Waals surface area contributed by atoms with E-state index in [2.05, 4.69) is 229 Å². The standard InChI is InChI=1S/C60H38S2/c1-5-19-39(20-6-1)57-47-35-45-43-27-13-15-29-51(43)60(56-32-18-34-62-56,42-25-11-4-12-26-42)54(45)38-50(47)58(40-21-7-2-8-22-40)48-36-46-44-28-14-16-30-52(44)59(53(46)37-49(48)57,55-31-17-33-61-55)41-23-9-3-10-24-41/h1-38H. The van der Waals surface area contributed by atoms with Crippen LogP contribution in [0, 0.1) is 0 Å². The van der Waals surface area contributed by atoms with Gasteiger partial charge in [0.15, 0.2) is 0 Å². The maximum absolute atomic E-state index is 2.59. The molecule has 2 heteroatoms. The van der Waals surface area contributed by atoms with Gasteiger partial charge in [-0.3, -0.25) is 0 Å². The molecule has 2 unspecified atom stereocenters. The molecule has 0 saturated carbocycles. The van der Waals surface area contributed by atoms with Crippen LogP contribution < -0.4 is 0 Å². The van der Waals surface area contributed by atoms with Gasteiger partial charge in [0.2, 0.25) is 0 Å². The van der Waals surface area contributed by atoms with Gasteiger partial charge in [-0.1, -0.05) is 182 Å². The smallest absolute Gasteiger partial charge is 0.0807 e. The maximum atomic E-state index is 2.59. The van der Waals surface area contributed by atoms with Crippen LogP contribution in [-0.2, 0) is 10.8 Å². The molecule has 0 N–H and O–H groups in total. The molecule has 0 spiro atoms. The Bertz CT molecular complexity index is 3240. The normalized spacial score (nSPS) is 17.2. The minimum Gasteiger partial charge on any atom is -0.147 e. The van der Waals surface area contributed by atoms with Crippen molar-refractivity contribution < 1.29 is 0 Å². The minimum atomic E-state index is -0.474. The molecule has 9 aromatic carbocycles. The number of hydrogen-bond donors (Lipinski definition) is 0. The van der Waals surface area contributed by atoms with E-state index in [0.717, 1.165) is 0 Å². The van der Waals surface area contributed by atoms with E-state index in [1.165, 1.54) is 109 Å². The summed E-state index contributed by atoms with van der Waals surface area (Å²) < 4.78 is 0. The quantitative estimate of drug-likeness (QED) is 0.147. The second kappa shape index (κ2) is 13.7. The minimum absolute atomic E-state index is 0.474. The summed E-state index contributed by atoms with van der Waals surface area (Å²) in [6.07, 6.45) is 0. The predicted molar refractivity (Wildman–Crippen MR) is 263 cm³/mol. The van der Waals surface area contributed by atoms with Gasteiger partial charge in [-0.05, 0) is 147 Å². The van der Waals surface area contributed by atoms with Crippen molar-refractivity contribution in [2.75, 3.05) is 0 Å². The van der Waals surface area contributed by atoms with Crippen LogP contribution in [0.2, 0.25) is 0 Å². The zero-order valence-electron chi connectivity index (χ0n) is 33.8. The SMILES string of the molecule is c1ccc(-c2c3cc4c(cc3c(-c3ccccc3)c3cc5c(cc23)C(c2ccccc2)(c2cccs2)c2ccccc2-5)C(c2ccccc2)(c2cccs2)c2ccccc2-4)cc1. The number of rotatable bonds is 6. The van der Waals surface area contributed by atoms with Gasteiger partial charge >= 0.3 is 0 Å². The molecule has 2 heterocycles. The fourth-order valence-corrected chi connectivity index (χ4v) is 13.3. The Balaban J connectivity index is 1.25. The lowest BCUT2D eigenvalue weighted by atomic mass is 9.70. The van der Waals surface area contributed by atoms with Crippen molar-refractivity contribution >= 4 is 44.2 Å². The first-order valence-corrected chi connectivity index (χ1v) is 23.2. The Morgan fingerprint density at radius 3 is 1.02 bits per heavy atom. The Kier molecular flexibility index (Phi) is 7.88. The third-order valence-corrected chi connectivity index (χ3v) is 15.7. The van der Waals surface area contributed by atoms with Crippen molar-refractivity contribution in [2.24, 2.45) is 0 Å². The highest BCUT2D eigenvalue weighted by molar-refractivity contribution is 7.10. The molecule has 62 heavy (non-hydrogen) atoms. The summed E-state index contributed by atoms with van der Waals surface area (Å²) in [6.45, 7) is 0. The van der Waals surface area contributed by atoms with E-state index in [0.29, 0.717) is 0 Å². The van der Waals surface area contributed by atoms with Crippen LogP contribution in [0.5, 0.6) is 0 Å². The lowest BCUT2D eigenvalue weighted by molar-refractivity contribution is 0.788. The van der Waals surface area contributed by atoms with Crippen molar-refractivity contribution in [3.8, 4) is 44.5 Å². The van der Waals surface area contributed by atoms with Gasteiger partial charge < -0.3 is 0 Å². The molecule has 0 aliphatic heterocycles. The van der Waals surface area contributed by atoms with Crippen LogP contribution in [0.4, 0.5) is 0 Å². The molecule has 2 atom stereocenters. The molecule has 0 fully saturated rings. The third kappa shape index (κ3) is 4.77. The molecular formula is C60H38S2. The van der Waals surface area contributed by atoms with E-state index in [1.807, 2.05) is 22.7 Å². The van der Waals surface area contributed by atoms with Gasteiger partial charge in [0, 0.05) is 9.75 Å². The maximum Gasteiger partial charge on any atom is 0.0807 e. The topological polar surface area (TPSA) is 0 Å². The Morgan fingerprint density at radius 2 is 0.629 bits per heavy atom. The summed E-state index contributed by atoms with van der Waals surface area (Å²) >= 11 is 3.71. The first kappa shape index (κ1) is 35.6. The largest absolute Gasteiger partial charge is 0.147 e. The van der Waals surface area contributed by atoms with E-state index < -0.39 is 10.8 Å². The second-order valence-corrected chi connectivity index (χ2v) is 18.5. The van der Waals surface area contributed by atoms with E-state index in [4.69, 9.17) is 0 Å². The zero-order valence-corrected chi connectivity index (χ0v) is 35.4. The summed E-state index contributed by atoms with van der Waals surface area (Å²) in [6, 6.07) is 82.4. The van der Waals surface area contributed by atoms with E-state index in [9.17, 15) is 0 Å². The monoisotopic (exact) mass is 822 g/mol. The average molecular weight is 823 g/mol. The molecule has 2 aliphatic carbocycles. The molecule has 2 aliphatic rings. The first-order valence-electron chi connectivity index (χ1n) is 21.4. The van der Waals surface area contributed by atoms with Gasteiger partial charge in [0.25, 0.3) is 0 Å². The van der Waals surface area contributed by atoms with Crippen LogP contribution >= 0.6 is 22.7 Å². The summed E-state index contributed by atoms with van der Waals surface area (Å²) in [5, 5.41) is 9.55. The van der Waals surface area contributed by atoms with Gasteiger partial charge in [0.1, 0.15) is 0 Å². The van der Waals surface area contributed by atoms with E-state index in [-0.39, 0.29) is 0 Å². The number of fused-ring (bicyclic) bond motifs is 8. The van der Waals surface area contributed by atoms with Gasteiger partial charge in [-0.2, -0.15) is 0 Å². The Morgan fingerprint density at radius 1 is 0.274 bits per heavy atom. The van der Waals surface area contributed by atoms with Crippen molar-refractivity contribution in [1.29, 1.82) is 0 Å². The lowest BCUT2D eigenvalue weighted by Crippen LogP contribution is -2.27. The van der Waals surface area contributed by atoms with Crippen molar-refractivity contribution in [3.63, 3.8) is 0 Å². The molecule has 2 aromatic heterocycles. The average Bonchev–Trinajstić information content (AvgIpc) is 4.17. The van der Waals surface area contributed by atoms with Crippen molar-refractivity contribution in [1.82, 2.24) is 0 Å². The number of hydrogen-bond acceptors (Lipinski definition) is 2. The highest BCUT2D eigenvalue weighted by atomic mass is 32.1. The summed E-state index contributed by atoms with van der Waals surface area (Å²) in [4.78, 5) is 2.67. The fraction of sp³-hybridized carbons (Fsp3) is 0.0333.